The molecule has 0 aliphatic carbocycles. The molecule has 0 aliphatic rings. The molecule has 0 saturated heterocycles. The van der Waals surface area contributed by atoms with Crippen molar-refractivity contribution < 1.29 is 9.53 Å². The number of aromatic nitrogens is 2. The van der Waals surface area contributed by atoms with Gasteiger partial charge in [0.2, 0.25) is 5.91 Å². The van der Waals surface area contributed by atoms with E-state index in [1.807, 2.05) is 32.0 Å². The lowest BCUT2D eigenvalue weighted by molar-refractivity contribution is -0.121. The maximum atomic E-state index is 11.8. The summed E-state index contributed by atoms with van der Waals surface area (Å²) in [4.78, 5) is 16.6. The summed E-state index contributed by atoms with van der Waals surface area (Å²) < 4.78 is 8.22. The summed E-state index contributed by atoms with van der Waals surface area (Å²) in [5.74, 6) is 1.91. The lowest BCUT2D eigenvalue weighted by Gasteiger charge is -2.16. The number of benzene rings is 2. The van der Waals surface area contributed by atoms with Gasteiger partial charge in [-0.25, -0.2) is 4.98 Å². The number of fused-ring (bicyclic) bond motifs is 1. The molecule has 0 aliphatic heterocycles. The molecule has 0 radical (unpaired) electrons. The highest BCUT2D eigenvalue weighted by atomic mass is 16.5. The van der Waals surface area contributed by atoms with Crippen LogP contribution >= 0.6 is 0 Å². The lowest BCUT2D eigenvalue weighted by atomic mass is 10.1. The number of aryl methyl sites for hydroxylation is 3. The van der Waals surface area contributed by atoms with E-state index in [4.69, 9.17) is 9.72 Å². The number of nitrogens with one attached hydrogen (secondary N) is 1. The van der Waals surface area contributed by atoms with Crippen LogP contribution in [0.2, 0.25) is 0 Å². The van der Waals surface area contributed by atoms with E-state index in [0.717, 1.165) is 42.0 Å². The van der Waals surface area contributed by atoms with Crippen LogP contribution in [0.1, 0.15) is 56.1 Å². The average Bonchev–Trinajstić information content (AvgIpc) is 3.09. The van der Waals surface area contributed by atoms with Gasteiger partial charge < -0.3 is 14.6 Å². The SMILES string of the molecule is CCC(=O)NC(C)c1nc2ccccc2n1CCCCOc1cc(C)ccc1C. The van der Waals surface area contributed by atoms with E-state index < -0.39 is 0 Å². The first kappa shape index (κ1) is 20.9. The number of amides is 1. The molecule has 154 valence electrons. The van der Waals surface area contributed by atoms with Crippen molar-refractivity contribution in [2.24, 2.45) is 0 Å². The molecule has 1 aromatic heterocycles. The number of nitrogens with zero attached hydrogens (tertiary/aromatic N) is 2. The van der Waals surface area contributed by atoms with E-state index in [0.29, 0.717) is 13.0 Å². The van der Waals surface area contributed by atoms with E-state index in [1.165, 1.54) is 11.1 Å². The minimum Gasteiger partial charge on any atom is -0.493 e. The highest BCUT2D eigenvalue weighted by Gasteiger charge is 2.17. The highest BCUT2D eigenvalue weighted by molar-refractivity contribution is 5.77. The molecule has 5 heteroatoms. The van der Waals surface area contributed by atoms with E-state index in [-0.39, 0.29) is 11.9 Å². The summed E-state index contributed by atoms with van der Waals surface area (Å²) in [6, 6.07) is 14.3. The Morgan fingerprint density at radius 1 is 1.17 bits per heavy atom. The standard InChI is InChI=1S/C24H31N3O2/c1-5-23(28)25-19(4)24-26-20-10-6-7-11-21(20)27(24)14-8-9-15-29-22-16-17(2)12-13-18(22)3/h6-7,10-13,16,19H,5,8-9,14-15H2,1-4H3,(H,25,28). The summed E-state index contributed by atoms with van der Waals surface area (Å²) in [6.07, 6.45) is 2.40. The van der Waals surface area contributed by atoms with Crippen LogP contribution in [-0.2, 0) is 11.3 Å². The second-order valence-corrected chi connectivity index (χ2v) is 7.58. The Hall–Kier alpha value is -2.82. The second-order valence-electron chi connectivity index (χ2n) is 7.58. The Morgan fingerprint density at radius 2 is 1.97 bits per heavy atom. The summed E-state index contributed by atoms with van der Waals surface area (Å²) in [5, 5.41) is 3.03. The molecule has 29 heavy (non-hydrogen) atoms. The number of carbonyl (C=O) groups excluding carboxylic acids is 1. The van der Waals surface area contributed by atoms with Crippen LogP contribution in [-0.4, -0.2) is 22.1 Å². The van der Waals surface area contributed by atoms with Crippen molar-refractivity contribution in [3.8, 4) is 5.75 Å². The van der Waals surface area contributed by atoms with Gasteiger partial charge in [0.15, 0.2) is 0 Å². The number of hydrogen-bond acceptors (Lipinski definition) is 3. The average molecular weight is 394 g/mol. The van der Waals surface area contributed by atoms with E-state index in [1.54, 1.807) is 0 Å². The molecular weight excluding hydrogens is 362 g/mol. The van der Waals surface area contributed by atoms with Gasteiger partial charge in [-0.3, -0.25) is 4.79 Å². The van der Waals surface area contributed by atoms with Crippen molar-refractivity contribution in [2.45, 2.75) is 59.5 Å². The van der Waals surface area contributed by atoms with Crippen LogP contribution in [0.5, 0.6) is 5.75 Å². The molecule has 1 amide bonds. The maximum absolute atomic E-state index is 11.8. The fourth-order valence-electron chi connectivity index (χ4n) is 3.48. The van der Waals surface area contributed by atoms with Gasteiger partial charge in [0.25, 0.3) is 0 Å². The van der Waals surface area contributed by atoms with Crippen molar-refractivity contribution in [2.75, 3.05) is 6.61 Å². The maximum Gasteiger partial charge on any atom is 0.220 e. The highest BCUT2D eigenvalue weighted by Crippen LogP contribution is 2.22. The second kappa shape index (κ2) is 9.59. The smallest absolute Gasteiger partial charge is 0.220 e. The Bertz CT molecular complexity index is 977. The fraction of sp³-hybridized carbons (Fsp3) is 0.417. The Labute approximate surface area is 173 Å². The zero-order valence-corrected chi connectivity index (χ0v) is 17.9. The zero-order chi connectivity index (χ0) is 20.8. The fourth-order valence-corrected chi connectivity index (χ4v) is 3.48. The lowest BCUT2D eigenvalue weighted by Crippen LogP contribution is -2.28. The van der Waals surface area contributed by atoms with Gasteiger partial charge in [-0.15, -0.1) is 0 Å². The summed E-state index contributed by atoms with van der Waals surface area (Å²) in [6.45, 7) is 9.55. The number of para-hydroxylation sites is 2. The van der Waals surface area contributed by atoms with Crippen LogP contribution in [0, 0.1) is 13.8 Å². The van der Waals surface area contributed by atoms with Gasteiger partial charge in [0, 0.05) is 13.0 Å². The van der Waals surface area contributed by atoms with E-state index >= 15 is 0 Å². The molecule has 1 unspecified atom stereocenters. The van der Waals surface area contributed by atoms with Crippen molar-refractivity contribution in [1.29, 1.82) is 0 Å². The zero-order valence-electron chi connectivity index (χ0n) is 17.9. The van der Waals surface area contributed by atoms with E-state index in [9.17, 15) is 4.79 Å². The number of imidazole rings is 1. The molecule has 1 heterocycles. The summed E-state index contributed by atoms with van der Waals surface area (Å²) >= 11 is 0. The number of hydrogen-bond donors (Lipinski definition) is 1. The Morgan fingerprint density at radius 3 is 2.76 bits per heavy atom. The van der Waals surface area contributed by atoms with Crippen LogP contribution in [0.25, 0.3) is 11.0 Å². The normalized spacial score (nSPS) is 12.1. The van der Waals surface area contributed by atoms with E-state index in [2.05, 4.69) is 48.0 Å². The third-order valence-corrected chi connectivity index (χ3v) is 5.15. The molecule has 5 nitrogen and oxygen atoms in total. The van der Waals surface area contributed by atoms with Gasteiger partial charge in [-0.2, -0.15) is 0 Å². The largest absolute Gasteiger partial charge is 0.493 e. The third-order valence-electron chi connectivity index (χ3n) is 5.15. The molecule has 0 saturated carbocycles. The molecule has 0 bridgehead atoms. The Balaban J connectivity index is 1.65. The molecule has 0 spiro atoms. The van der Waals surface area contributed by atoms with Gasteiger partial charge in [0.1, 0.15) is 11.6 Å². The van der Waals surface area contributed by atoms with Crippen molar-refractivity contribution in [1.82, 2.24) is 14.9 Å². The summed E-state index contributed by atoms with van der Waals surface area (Å²) in [5.41, 5.74) is 4.45. The molecule has 0 fully saturated rings. The first-order valence-corrected chi connectivity index (χ1v) is 10.4. The molecule has 1 N–H and O–H groups in total. The minimum absolute atomic E-state index is 0.0398. The van der Waals surface area contributed by atoms with Crippen LogP contribution < -0.4 is 10.1 Å². The van der Waals surface area contributed by atoms with Gasteiger partial charge in [-0.1, -0.05) is 31.2 Å². The molecule has 1 atom stereocenters. The van der Waals surface area contributed by atoms with Gasteiger partial charge >= 0.3 is 0 Å². The minimum atomic E-state index is -0.124. The van der Waals surface area contributed by atoms with Crippen LogP contribution in [0.4, 0.5) is 0 Å². The molecule has 2 aromatic carbocycles. The van der Waals surface area contributed by atoms with Crippen LogP contribution in [0.15, 0.2) is 42.5 Å². The predicted molar refractivity (Wildman–Crippen MR) is 117 cm³/mol. The van der Waals surface area contributed by atoms with Crippen molar-refractivity contribution >= 4 is 16.9 Å². The number of rotatable bonds is 9. The first-order chi connectivity index (χ1) is 14.0. The number of carbonyl (C=O) groups is 1. The number of unbranched alkanes of at least 4 members (excludes halogenated alkanes) is 1. The Kier molecular flexibility index (Phi) is 6.91. The topological polar surface area (TPSA) is 56.2 Å². The quantitative estimate of drug-likeness (QED) is 0.515. The molecular formula is C24H31N3O2. The van der Waals surface area contributed by atoms with Crippen molar-refractivity contribution in [3.63, 3.8) is 0 Å². The van der Waals surface area contributed by atoms with Gasteiger partial charge in [0.05, 0.1) is 23.7 Å². The monoisotopic (exact) mass is 393 g/mol. The van der Waals surface area contributed by atoms with Crippen LogP contribution in [0.3, 0.4) is 0 Å². The number of ether oxygens (including phenoxy) is 1. The summed E-state index contributed by atoms with van der Waals surface area (Å²) in [7, 11) is 0. The first-order valence-electron chi connectivity index (χ1n) is 10.4. The molecule has 3 rings (SSSR count). The predicted octanol–water partition coefficient (Wildman–Crippen LogP) is 5.10. The third kappa shape index (κ3) is 5.17. The molecule has 3 aromatic rings. The van der Waals surface area contributed by atoms with Crippen molar-refractivity contribution in [3.05, 3.63) is 59.4 Å². The van der Waals surface area contributed by atoms with Gasteiger partial charge in [-0.05, 0) is 62.9 Å².